The average molecular weight is 279 g/mol. The number of thiophene rings is 1. The van der Waals surface area contributed by atoms with Crippen LogP contribution in [0.1, 0.15) is 24.3 Å². The van der Waals surface area contributed by atoms with E-state index in [4.69, 9.17) is 0 Å². The van der Waals surface area contributed by atoms with Crippen LogP contribution < -0.4 is 10.4 Å². The maximum absolute atomic E-state index is 11.2. The molecule has 0 bridgehead atoms. The van der Waals surface area contributed by atoms with Gasteiger partial charge in [-0.05, 0) is 19.4 Å². The number of nitrogens with two attached hydrogens (primary N) is 1. The van der Waals surface area contributed by atoms with Crippen LogP contribution in [0.25, 0.3) is 10.2 Å². The molecule has 0 aliphatic carbocycles. The number of hydrogen-bond acceptors (Lipinski definition) is 5. The van der Waals surface area contributed by atoms with E-state index in [0.29, 0.717) is 5.82 Å². The fourth-order valence-electron chi connectivity index (χ4n) is 2.04. The largest absolute Gasteiger partial charge is 0.544 e. The highest BCUT2D eigenvalue weighted by atomic mass is 32.1. The molecule has 0 aromatic carbocycles. The topological polar surface area (TPSA) is 82.5 Å². The lowest BCUT2D eigenvalue weighted by molar-refractivity contribution is -0.615. The zero-order valence-electron chi connectivity index (χ0n) is 11.4. The molecule has 0 spiro atoms. The summed E-state index contributed by atoms with van der Waals surface area (Å²) in [6.45, 7) is 7.77. The summed E-state index contributed by atoms with van der Waals surface area (Å²) in [5, 5.41) is 13.8. The number of hydrogen-bond donors (Lipinski definition) is 1. The standard InChI is InChI=1S/C13H17N3O2S/c1-6(2)10(13(17)18)16-11-9-7(3)8(4)19-12(9)15-5-14-11/h5-6,10H,1-4H3,(H,17,18)(H,14,15,16)/t10-/m0/s1. The molecule has 0 radical (unpaired) electrons. The van der Waals surface area contributed by atoms with E-state index < -0.39 is 12.0 Å². The molecule has 0 fully saturated rings. The van der Waals surface area contributed by atoms with Crippen molar-refractivity contribution in [2.24, 2.45) is 5.92 Å². The highest BCUT2D eigenvalue weighted by Crippen LogP contribution is 2.30. The molecule has 0 amide bonds. The van der Waals surface area contributed by atoms with Crippen molar-refractivity contribution in [2.45, 2.75) is 33.7 Å². The predicted octanol–water partition coefficient (Wildman–Crippen LogP) is 0.278. The van der Waals surface area contributed by atoms with Crippen molar-refractivity contribution >= 4 is 33.3 Å². The molecule has 0 unspecified atom stereocenters. The van der Waals surface area contributed by atoms with Crippen LogP contribution in [0.3, 0.4) is 0 Å². The molecular formula is C13H17N3O2S. The van der Waals surface area contributed by atoms with Crippen LogP contribution in [0.2, 0.25) is 0 Å². The maximum atomic E-state index is 11.2. The van der Waals surface area contributed by atoms with E-state index in [-0.39, 0.29) is 5.92 Å². The third-order valence-corrected chi connectivity index (χ3v) is 4.44. The third-order valence-electron chi connectivity index (χ3n) is 3.32. The number of aryl methyl sites for hydroxylation is 2. The molecule has 2 aromatic rings. The number of carbonyl (C=O) groups excluding carboxylic acids is 1. The van der Waals surface area contributed by atoms with Crippen molar-refractivity contribution in [1.29, 1.82) is 0 Å². The zero-order valence-corrected chi connectivity index (χ0v) is 12.2. The first kappa shape index (κ1) is 13.9. The second kappa shape index (κ2) is 5.22. The SMILES string of the molecule is Cc1sc2ncnc([NH2+][C@H](C(=O)[O-])C(C)C)c2c1C. The van der Waals surface area contributed by atoms with Crippen LogP contribution >= 0.6 is 11.3 Å². The first-order chi connectivity index (χ1) is 8.91. The van der Waals surface area contributed by atoms with Crippen molar-refractivity contribution in [1.82, 2.24) is 9.97 Å². The van der Waals surface area contributed by atoms with E-state index >= 15 is 0 Å². The Morgan fingerprint density at radius 2 is 2.05 bits per heavy atom. The highest BCUT2D eigenvalue weighted by Gasteiger charge is 2.23. The predicted molar refractivity (Wildman–Crippen MR) is 72.1 cm³/mol. The lowest BCUT2D eigenvalue weighted by Crippen LogP contribution is -2.90. The van der Waals surface area contributed by atoms with Gasteiger partial charge in [0, 0.05) is 10.8 Å². The number of nitrogens with zero attached hydrogens (tertiary/aromatic N) is 2. The number of carboxylic acid groups (broad SMARTS) is 1. The molecule has 2 rings (SSSR count). The van der Waals surface area contributed by atoms with Gasteiger partial charge in [-0.25, -0.2) is 4.98 Å². The molecular weight excluding hydrogens is 262 g/mol. The summed E-state index contributed by atoms with van der Waals surface area (Å²) in [7, 11) is 0. The number of fused-ring (bicyclic) bond motifs is 1. The lowest BCUT2D eigenvalue weighted by Gasteiger charge is -2.19. The molecule has 0 aliphatic rings. The molecule has 2 heterocycles. The molecule has 0 saturated heterocycles. The van der Waals surface area contributed by atoms with Gasteiger partial charge < -0.3 is 9.90 Å². The van der Waals surface area contributed by atoms with Crippen LogP contribution in [0.4, 0.5) is 5.82 Å². The second-order valence-electron chi connectivity index (χ2n) is 4.98. The molecule has 2 N–H and O–H groups in total. The first-order valence-corrected chi connectivity index (χ1v) is 7.00. The molecule has 2 aromatic heterocycles. The molecule has 1 atom stereocenters. The Bertz CT molecular complexity index is 622. The quantitative estimate of drug-likeness (QED) is 0.871. The van der Waals surface area contributed by atoms with Crippen molar-refractivity contribution < 1.29 is 15.2 Å². The minimum absolute atomic E-state index is 0.0324. The summed E-state index contributed by atoms with van der Waals surface area (Å²) < 4.78 is 0. The summed E-state index contributed by atoms with van der Waals surface area (Å²) in [6.07, 6.45) is 1.48. The number of aromatic nitrogens is 2. The third kappa shape index (κ3) is 2.59. The van der Waals surface area contributed by atoms with Crippen LogP contribution in [-0.2, 0) is 4.79 Å². The summed E-state index contributed by atoms with van der Waals surface area (Å²) in [4.78, 5) is 21.7. The first-order valence-electron chi connectivity index (χ1n) is 6.18. The monoisotopic (exact) mass is 279 g/mol. The summed E-state index contributed by atoms with van der Waals surface area (Å²) in [5.74, 6) is -0.406. The van der Waals surface area contributed by atoms with Crippen LogP contribution in [-0.4, -0.2) is 22.0 Å². The Labute approximate surface area is 115 Å². The minimum Gasteiger partial charge on any atom is -0.544 e. The van der Waals surface area contributed by atoms with Crippen LogP contribution in [0.15, 0.2) is 6.33 Å². The van der Waals surface area contributed by atoms with Crippen LogP contribution in [0, 0.1) is 19.8 Å². The fourth-order valence-corrected chi connectivity index (χ4v) is 3.04. The second-order valence-corrected chi connectivity index (χ2v) is 6.18. The number of carbonyl (C=O) groups is 1. The molecule has 19 heavy (non-hydrogen) atoms. The van der Waals surface area contributed by atoms with Gasteiger partial charge >= 0.3 is 0 Å². The van der Waals surface area contributed by atoms with Gasteiger partial charge in [0.1, 0.15) is 17.2 Å². The van der Waals surface area contributed by atoms with Crippen molar-refractivity contribution in [3.8, 4) is 0 Å². The molecule has 0 saturated carbocycles. The number of rotatable bonds is 4. The minimum atomic E-state index is -1.06. The Kier molecular flexibility index (Phi) is 3.82. The number of carboxylic acids is 1. The summed E-state index contributed by atoms with van der Waals surface area (Å²) in [5.41, 5.74) is 1.12. The molecule has 0 aliphatic heterocycles. The molecule has 5 nitrogen and oxygen atoms in total. The Balaban J connectivity index is 2.48. The van der Waals surface area contributed by atoms with Gasteiger partial charge in [0.05, 0.1) is 11.4 Å². The van der Waals surface area contributed by atoms with E-state index in [1.807, 2.05) is 27.7 Å². The Hall–Kier alpha value is -1.53. The number of quaternary nitrogens is 1. The number of aliphatic carboxylic acids is 1. The van der Waals surface area contributed by atoms with E-state index in [0.717, 1.165) is 15.8 Å². The van der Waals surface area contributed by atoms with E-state index in [2.05, 4.69) is 9.97 Å². The molecule has 102 valence electrons. The lowest BCUT2D eigenvalue weighted by atomic mass is 10.0. The van der Waals surface area contributed by atoms with E-state index in [9.17, 15) is 9.90 Å². The summed E-state index contributed by atoms with van der Waals surface area (Å²) in [6, 6.07) is -0.641. The smallest absolute Gasteiger partial charge is 0.237 e. The molecule has 6 heteroatoms. The zero-order chi connectivity index (χ0) is 14.2. The van der Waals surface area contributed by atoms with E-state index in [1.54, 1.807) is 16.7 Å². The van der Waals surface area contributed by atoms with E-state index in [1.165, 1.54) is 11.2 Å². The maximum Gasteiger partial charge on any atom is 0.237 e. The van der Waals surface area contributed by atoms with Crippen molar-refractivity contribution in [2.75, 3.05) is 0 Å². The Morgan fingerprint density at radius 1 is 1.37 bits per heavy atom. The highest BCUT2D eigenvalue weighted by molar-refractivity contribution is 7.18. The van der Waals surface area contributed by atoms with Crippen molar-refractivity contribution in [3.63, 3.8) is 0 Å². The van der Waals surface area contributed by atoms with Gasteiger partial charge in [0.15, 0.2) is 0 Å². The van der Waals surface area contributed by atoms with Gasteiger partial charge in [-0.15, -0.1) is 11.3 Å². The van der Waals surface area contributed by atoms with Crippen LogP contribution in [0.5, 0.6) is 0 Å². The van der Waals surface area contributed by atoms with Gasteiger partial charge in [-0.2, -0.15) is 4.98 Å². The van der Waals surface area contributed by atoms with Gasteiger partial charge in [0.2, 0.25) is 5.82 Å². The van der Waals surface area contributed by atoms with Gasteiger partial charge in [0.25, 0.3) is 0 Å². The van der Waals surface area contributed by atoms with Gasteiger partial charge in [-0.3, -0.25) is 5.32 Å². The summed E-state index contributed by atoms with van der Waals surface area (Å²) >= 11 is 1.60. The Morgan fingerprint density at radius 3 is 2.63 bits per heavy atom. The van der Waals surface area contributed by atoms with Crippen molar-refractivity contribution in [3.05, 3.63) is 16.8 Å². The van der Waals surface area contributed by atoms with Gasteiger partial charge in [-0.1, -0.05) is 13.8 Å². The average Bonchev–Trinajstić information content (AvgIpc) is 2.62. The fraction of sp³-hybridized carbons (Fsp3) is 0.462. The normalized spacial score (nSPS) is 13.1.